The third-order valence-corrected chi connectivity index (χ3v) is 5.67. The van der Waals surface area contributed by atoms with E-state index in [1.807, 2.05) is 33.8 Å². The SMILES string of the molecule is CCn1c(=O)c2cnc(Nc3ccc4c(c3)CNCC4)nc2n1-c1coc(C(C)(C)C)n1. The van der Waals surface area contributed by atoms with E-state index in [1.165, 1.54) is 11.1 Å². The van der Waals surface area contributed by atoms with Crippen LogP contribution in [0.25, 0.3) is 16.9 Å². The van der Waals surface area contributed by atoms with Crippen LogP contribution in [0.5, 0.6) is 0 Å². The van der Waals surface area contributed by atoms with Crippen LogP contribution in [0, 0.1) is 0 Å². The number of nitrogens with zero attached hydrogens (tertiary/aromatic N) is 5. The average molecular weight is 434 g/mol. The highest BCUT2D eigenvalue weighted by atomic mass is 16.3. The molecule has 0 amide bonds. The Balaban J connectivity index is 1.58. The van der Waals surface area contributed by atoms with E-state index in [9.17, 15) is 4.79 Å². The van der Waals surface area contributed by atoms with Gasteiger partial charge in [-0.3, -0.25) is 4.79 Å². The van der Waals surface area contributed by atoms with Gasteiger partial charge >= 0.3 is 0 Å². The molecule has 5 rings (SSSR count). The van der Waals surface area contributed by atoms with Crippen molar-refractivity contribution in [1.82, 2.24) is 29.6 Å². The molecular weight excluding hydrogens is 406 g/mol. The number of benzene rings is 1. The molecule has 32 heavy (non-hydrogen) atoms. The van der Waals surface area contributed by atoms with Gasteiger partial charge in [-0.2, -0.15) is 9.97 Å². The first-order valence-corrected chi connectivity index (χ1v) is 10.9. The molecule has 1 aliphatic rings. The third kappa shape index (κ3) is 3.48. The van der Waals surface area contributed by atoms with Gasteiger partial charge in [0.25, 0.3) is 5.56 Å². The van der Waals surface area contributed by atoms with Crippen LogP contribution in [0.15, 0.2) is 39.9 Å². The van der Waals surface area contributed by atoms with E-state index in [0.29, 0.717) is 35.2 Å². The van der Waals surface area contributed by atoms with E-state index >= 15 is 0 Å². The summed E-state index contributed by atoms with van der Waals surface area (Å²) in [5, 5.41) is 7.11. The molecule has 9 heteroatoms. The van der Waals surface area contributed by atoms with Gasteiger partial charge in [0, 0.05) is 30.4 Å². The molecule has 9 nitrogen and oxygen atoms in total. The molecular formula is C23H27N7O2. The largest absolute Gasteiger partial charge is 0.446 e. The predicted octanol–water partition coefficient (Wildman–Crippen LogP) is 3.28. The van der Waals surface area contributed by atoms with Gasteiger partial charge in [0.15, 0.2) is 11.5 Å². The van der Waals surface area contributed by atoms with Gasteiger partial charge in [-0.05, 0) is 43.1 Å². The van der Waals surface area contributed by atoms with Crippen LogP contribution in [-0.2, 0) is 24.9 Å². The van der Waals surface area contributed by atoms with Gasteiger partial charge in [-0.15, -0.1) is 0 Å². The van der Waals surface area contributed by atoms with Crippen molar-refractivity contribution in [3.8, 4) is 5.82 Å². The first-order valence-electron chi connectivity index (χ1n) is 10.9. The summed E-state index contributed by atoms with van der Waals surface area (Å²) in [5.74, 6) is 1.54. The molecule has 3 aromatic heterocycles. The molecule has 4 heterocycles. The van der Waals surface area contributed by atoms with Crippen LogP contribution in [0.4, 0.5) is 11.6 Å². The fourth-order valence-corrected chi connectivity index (χ4v) is 4.00. The molecule has 2 N–H and O–H groups in total. The van der Waals surface area contributed by atoms with Crippen molar-refractivity contribution >= 4 is 22.7 Å². The van der Waals surface area contributed by atoms with Gasteiger partial charge in [0.05, 0.1) is 0 Å². The molecule has 0 bridgehead atoms. The first-order chi connectivity index (χ1) is 15.3. The molecule has 0 saturated heterocycles. The molecule has 0 saturated carbocycles. The number of nitrogens with one attached hydrogen (secondary N) is 2. The Hall–Kier alpha value is -3.46. The van der Waals surface area contributed by atoms with Crippen molar-refractivity contribution in [3.63, 3.8) is 0 Å². The maximum Gasteiger partial charge on any atom is 0.278 e. The summed E-state index contributed by atoms with van der Waals surface area (Å²) in [5.41, 5.74) is 3.62. The third-order valence-electron chi connectivity index (χ3n) is 5.67. The maximum absolute atomic E-state index is 13.0. The van der Waals surface area contributed by atoms with E-state index in [2.05, 4.69) is 37.7 Å². The quantitative estimate of drug-likeness (QED) is 0.509. The summed E-state index contributed by atoms with van der Waals surface area (Å²) in [7, 11) is 0. The van der Waals surface area contributed by atoms with Crippen molar-refractivity contribution in [3.05, 3.63) is 58.0 Å². The second-order valence-corrected chi connectivity index (χ2v) is 9.06. The number of hydrogen-bond acceptors (Lipinski definition) is 7. The van der Waals surface area contributed by atoms with Crippen LogP contribution in [0.1, 0.15) is 44.7 Å². The van der Waals surface area contributed by atoms with Crippen molar-refractivity contribution in [2.45, 2.75) is 52.6 Å². The summed E-state index contributed by atoms with van der Waals surface area (Å²) < 4.78 is 9.01. The second-order valence-electron chi connectivity index (χ2n) is 9.06. The lowest BCUT2D eigenvalue weighted by atomic mass is 9.97. The average Bonchev–Trinajstić information content (AvgIpc) is 3.36. The molecule has 0 aliphatic carbocycles. The molecule has 1 aliphatic heterocycles. The van der Waals surface area contributed by atoms with E-state index in [4.69, 9.17) is 4.42 Å². The zero-order chi connectivity index (χ0) is 22.5. The van der Waals surface area contributed by atoms with Gasteiger partial charge < -0.3 is 15.1 Å². The molecule has 1 aromatic carbocycles. The van der Waals surface area contributed by atoms with Crippen molar-refractivity contribution < 1.29 is 4.42 Å². The number of rotatable bonds is 4. The topological polar surface area (TPSA) is 103 Å². The molecule has 0 atom stereocenters. The van der Waals surface area contributed by atoms with E-state index in [1.54, 1.807) is 21.8 Å². The van der Waals surface area contributed by atoms with Gasteiger partial charge in [0.1, 0.15) is 11.6 Å². The Morgan fingerprint density at radius 2 is 2.06 bits per heavy atom. The Morgan fingerprint density at radius 3 is 2.81 bits per heavy atom. The highest BCUT2D eigenvalue weighted by molar-refractivity contribution is 5.77. The zero-order valence-corrected chi connectivity index (χ0v) is 18.8. The molecule has 4 aromatic rings. The van der Waals surface area contributed by atoms with E-state index in [-0.39, 0.29) is 11.0 Å². The highest BCUT2D eigenvalue weighted by Crippen LogP contribution is 2.25. The Morgan fingerprint density at radius 1 is 1.22 bits per heavy atom. The van der Waals surface area contributed by atoms with Crippen LogP contribution in [0.3, 0.4) is 0 Å². The van der Waals surface area contributed by atoms with Crippen molar-refractivity contribution in [2.24, 2.45) is 0 Å². The van der Waals surface area contributed by atoms with Crippen molar-refractivity contribution in [2.75, 3.05) is 11.9 Å². The van der Waals surface area contributed by atoms with E-state index < -0.39 is 0 Å². The minimum Gasteiger partial charge on any atom is -0.446 e. The lowest BCUT2D eigenvalue weighted by Crippen LogP contribution is -2.23. The van der Waals surface area contributed by atoms with Crippen LogP contribution < -0.4 is 16.2 Å². The monoisotopic (exact) mass is 433 g/mol. The van der Waals surface area contributed by atoms with Crippen LogP contribution in [-0.4, -0.2) is 30.9 Å². The number of hydrogen-bond donors (Lipinski definition) is 2. The fraction of sp³-hybridized carbons (Fsp3) is 0.391. The van der Waals surface area contributed by atoms with E-state index in [0.717, 1.165) is 25.2 Å². The molecule has 166 valence electrons. The molecule has 0 unspecified atom stereocenters. The maximum atomic E-state index is 13.0. The van der Waals surface area contributed by atoms with Gasteiger partial charge in [0.2, 0.25) is 11.8 Å². The Bertz CT molecular complexity index is 1360. The first kappa shape index (κ1) is 20.4. The Labute approximate surface area is 185 Å². The number of fused-ring (bicyclic) bond motifs is 2. The standard InChI is InChI=1S/C23H27N7O2/c1-5-29-20(31)17-12-25-22(26-16-7-6-14-8-9-24-11-15(14)10-16)28-19(17)30(29)18-13-32-21(27-18)23(2,3)4/h6-7,10,12-13,24H,5,8-9,11H2,1-4H3,(H,25,26,28). The zero-order valence-electron chi connectivity index (χ0n) is 18.8. The van der Waals surface area contributed by atoms with Crippen LogP contribution >= 0.6 is 0 Å². The minimum absolute atomic E-state index is 0.158. The smallest absolute Gasteiger partial charge is 0.278 e. The second kappa shape index (κ2) is 7.59. The summed E-state index contributed by atoms with van der Waals surface area (Å²) in [4.78, 5) is 26.7. The minimum atomic E-state index is -0.248. The summed E-state index contributed by atoms with van der Waals surface area (Å²) >= 11 is 0. The number of aromatic nitrogens is 5. The predicted molar refractivity (Wildman–Crippen MR) is 123 cm³/mol. The number of anilines is 2. The summed E-state index contributed by atoms with van der Waals surface area (Å²) in [6.07, 6.45) is 4.17. The van der Waals surface area contributed by atoms with Gasteiger partial charge in [-0.1, -0.05) is 26.8 Å². The molecule has 0 radical (unpaired) electrons. The fourth-order valence-electron chi connectivity index (χ4n) is 4.00. The summed E-state index contributed by atoms with van der Waals surface area (Å²) in [6.45, 7) is 10.3. The van der Waals surface area contributed by atoms with Crippen molar-refractivity contribution in [1.29, 1.82) is 0 Å². The summed E-state index contributed by atoms with van der Waals surface area (Å²) in [6, 6.07) is 6.30. The van der Waals surface area contributed by atoms with Gasteiger partial charge in [-0.25, -0.2) is 14.3 Å². The molecule has 0 fully saturated rings. The molecule has 0 spiro atoms. The van der Waals surface area contributed by atoms with Crippen LogP contribution in [0.2, 0.25) is 0 Å². The highest BCUT2D eigenvalue weighted by Gasteiger charge is 2.24. The lowest BCUT2D eigenvalue weighted by molar-refractivity contribution is 0.392. The normalized spacial score (nSPS) is 14.0. The lowest BCUT2D eigenvalue weighted by Gasteiger charge is -2.18. The Kier molecular flexibility index (Phi) is 4.85. The number of oxazole rings is 1.